The van der Waals surface area contributed by atoms with Crippen LogP contribution in [0.25, 0.3) is 11.0 Å². The van der Waals surface area contributed by atoms with Gasteiger partial charge in [0.1, 0.15) is 6.10 Å². The number of amides is 4. The minimum absolute atomic E-state index is 0.0149. The quantitative estimate of drug-likeness (QED) is 0.668. The van der Waals surface area contributed by atoms with E-state index in [0.29, 0.717) is 16.6 Å². The molecule has 2 saturated heterocycles. The maximum absolute atomic E-state index is 15.7. The zero-order valence-electron chi connectivity index (χ0n) is 17.2. The summed E-state index contributed by atoms with van der Waals surface area (Å²) in [7, 11) is 1.47. The lowest BCUT2D eigenvalue weighted by Gasteiger charge is -2.55. The lowest BCUT2D eigenvalue weighted by atomic mass is 9.66. The number of hydrogen-bond donors (Lipinski definition) is 2. The van der Waals surface area contributed by atoms with Crippen LogP contribution in [0, 0.1) is 18.2 Å². The molecule has 4 heterocycles. The second kappa shape index (κ2) is 6.72. The van der Waals surface area contributed by atoms with Crippen molar-refractivity contribution in [1.82, 2.24) is 15.8 Å². The van der Waals surface area contributed by atoms with Crippen molar-refractivity contribution in [2.75, 3.05) is 25.2 Å². The molecule has 3 aliphatic rings. The molecule has 0 aliphatic carbocycles. The summed E-state index contributed by atoms with van der Waals surface area (Å²) in [6, 6.07) is -0.0944. The van der Waals surface area contributed by atoms with Crippen LogP contribution in [-0.2, 0) is 25.5 Å². The van der Waals surface area contributed by atoms with Crippen molar-refractivity contribution in [3.63, 3.8) is 0 Å². The number of aromatic nitrogens is 1. The highest BCUT2D eigenvalue weighted by Crippen LogP contribution is 2.49. The molecule has 4 amide bonds. The molecule has 0 bridgehead atoms. The van der Waals surface area contributed by atoms with E-state index in [9.17, 15) is 14.4 Å². The number of barbiturate groups is 1. The number of carbonyl (C=O) groups excluding carboxylic acids is 3. The van der Waals surface area contributed by atoms with Gasteiger partial charge in [0.15, 0.2) is 11.2 Å². The molecule has 10 nitrogen and oxygen atoms in total. The molecule has 11 heteroatoms. The molecule has 31 heavy (non-hydrogen) atoms. The maximum Gasteiger partial charge on any atom is 0.328 e. The fourth-order valence-electron chi connectivity index (χ4n) is 5.15. The normalized spacial score (nSPS) is 27.2. The standard InChI is InChI=1S/C20H21FN4O6/c1-8-6-25-14-10(4-11-9(2)24-31-15(11)13(14)21)5-20(16(25)12(30-8)7-29-3)17(26)22-19(28)23-18(20)27/h4,8,12,16H,5-7H2,1-3H3,(H2,22,23,26,27,28)/t8-,12+,16-/m1/s1. The molecule has 0 radical (unpaired) electrons. The number of nitrogens with zero attached hydrogens (tertiary/aromatic N) is 2. The number of imide groups is 2. The number of anilines is 1. The van der Waals surface area contributed by atoms with Gasteiger partial charge in [-0.1, -0.05) is 5.16 Å². The van der Waals surface area contributed by atoms with Gasteiger partial charge in [-0.3, -0.25) is 20.2 Å². The van der Waals surface area contributed by atoms with Crippen molar-refractivity contribution in [3.8, 4) is 0 Å². The van der Waals surface area contributed by atoms with Crippen LogP contribution in [0.3, 0.4) is 0 Å². The van der Waals surface area contributed by atoms with E-state index in [1.54, 1.807) is 17.9 Å². The molecule has 2 aromatic rings. The predicted octanol–water partition coefficient (Wildman–Crippen LogP) is 0.793. The van der Waals surface area contributed by atoms with Crippen LogP contribution < -0.4 is 15.5 Å². The Bertz CT molecular complexity index is 1110. The number of rotatable bonds is 2. The first kappa shape index (κ1) is 19.9. The van der Waals surface area contributed by atoms with Crippen LogP contribution >= 0.6 is 0 Å². The summed E-state index contributed by atoms with van der Waals surface area (Å²) in [4.78, 5) is 39.9. The number of ether oxygens (including phenoxy) is 2. The number of hydrogen-bond acceptors (Lipinski definition) is 8. The predicted molar refractivity (Wildman–Crippen MR) is 104 cm³/mol. The Morgan fingerprint density at radius 1 is 1.32 bits per heavy atom. The van der Waals surface area contributed by atoms with Gasteiger partial charge in [-0.15, -0.1) is 0 Å². The Kier molecular flexibility index (Phi) is 4.31. The third-order valence-corrected chi connectivity index (χ3v) is 6.34. The monoisotopic (exact) mass is 432 g/mol. The van der Waals surface area contributed by atoms with Crippen LogP contribution in [0.5, 0.6) is 0 Å². The Morgan fingerprint density at radius 3 is 2.71 bits per heavy atom. The molecular weight excluding hydrogens is 411 g/mol. The third-order valence-electron chi connectivity index (χ3n) is 6.34. The van der Waals surface area contributed by atoms with Gasteiger partial charge >= 0.3 is 6.03 Å². The fourth-order valence-corrected chi connectivity index (χ4v) is 5.15. The number of methoxy groups -OCH3 is 1. The van der Waals surface area contributed by atoms with Gasteiger partial charge in [-0.2, -0.15) is 0 Å². The number of morpholine rings is 1. The Labute approximate surface area is 176 Å². The Morgan fingerprint density at radius 2 is 2.03 bits per heavy atom. The molecule has 1 aromatic heterocycles. The number of urea groups is 1. The second-order valence-corrected chi connectivity index (χ2v) is 8.27. The third kappa shape index (κ3) is 2.62. The Balaban J connectivity index is 1.78. The molecule has 5 rings (SSSR count). The topological polar surface area (TPSA) is 123 Å². The second-order valence-electron chi connectivity index (χ2n) is 8.27. The molecule has 0 saturated carbocycles. The molecule has 1 aromatic carbocycles. The van der Waals surface area contributed by atoms with Crippen molar-refractivity contribution in [2.24, 2.45) is 5.41 Å². The van der Waals surface area contributed by atoms with Crippen molar-refractivity contribution >= 4 is 34.5 Å². The Hall–Kier alpha value is -3.05. The summed E-state index contributed by atoms with van der Waals surface area (Å²) in [6.45, 7) is 3.80. The van der Waals surface area contributed by atoms with Gasteiger partial charge in [-0.25, -0.2) is 9.18 Å². The molecular formula is C20H21FN4O6. The molecule has 164 valence electrons. The van der Waals surface area contributed by atoms with Gasteiger partial charge in [0.25, 0.3) is 0 Å². The number of carbonyl (C=O) groups is 3. The summed E-state index contributed by atoms with van der Waals surface area (Å²) in [5.74, 6) is -2.10. The average Bonchev–Trinajstić information content (AvgIpc) is 3.06. The molecule has 2 N–H and O–H groups in total. The minimum Gasteiger partial charge on any atom is -0.382 e. The van der Waals surface area contributed by atoms with Crippen molar-refractivity contribution in [1.29, 1.82) is 0 Å². The number of halogens is 1. The van der Waals surface area contributed by atoms with E-state index in [4.69, 9.17) is 14.0 Å². The maximum atomic E-state index is 15.7. The van der Waals surface area contributed by atoms with E-state index in [0.717, 1.165) is 0 Å². The highest BCUT2D eigenvalue weighted by Gasteiger charge is 2.64. The SMILES string of the molecule is COC[C@@H]1O[C@H](C)CN2c3c(cc4c(C)noc4c3F)CC3(C(=O)NC(=O)NC3=O)[C@@H]12. The molecule has 3 aliphatic heterocycles. The van der Waals surface area contributed by atoms with Gasteiger partial charge < -0.3 is 18.9 Å². The van der Waals surface area contributed by atoms with Gasteiger partial charge in [0.05, 0.1) is 30.1 Å². The molecule has 0 unspecified atom stereocenters. The molecule has 3 atom stereocenters. The summed E-state index contributed by atoms with van der Waals surface area (Å²) in [5.41, 5.74) is -0.505. The van der Waals surface area contributed by atoms with Crippen LogP contribution in [0.2, 0.25) is 0 Å². The lowest BCUT2D eigenvalue weighted by molar-refractivity contribution is -0.157. The van der Waals surface area contributed by atoms with E-state index >= 15 is 4.39 Å². The van der Waals surface area contributed by atoms with Gasteiger partial charge in [-0.05, 0) is 25.5 Å². The number of fused-ring (bicyclic) bond motifs is 5. The summed E-state index contributed by atoms with van der Waals surface area (Å²) < 4.78 is 32.2. The van der Waals surface area contributed by atoms with Crippen molar-refractivity contribution in [2.45, 2.75) is 38.5 Å². The van der Waals surface area contributed by atoms with E-state index in [1.807, 2.05) is 6.92 Å². The summed E-state index contributed by atoms with van der Waals surface area (Å²) in [6.07, 6.45) is -1.18. The first-order chi connectivity index (χ1) is 14.8. The zero-order valence-corrected chi connectivity index (χ0v) is 17.2. The number of nitrogens with one attached hydrogen (secondary N) is 2. The van der Waals surface area contributed by atoms with Crippen LogP contribution in [0.4, 0.5) is 14.9 Å². The number of aryl methyl sites for hydroxylation is 1. The first-order valence-electron chi connectivity index (χ1n) is 9.93. The van der Waals surface area contributed by atoms with E-state index in [1.165, 1.54) is 7.11 Å². The minimum atomic E-state index is -1.71. The van der Waals surface area contributed by atoms with Crippen LogP contribution in [-0.4, -0.2) is 61.5 Å². The zero-order chi connectivity index (χ0) is 22.1. The molecule has 1 spiro atoms. The summed E-state index contributed by atoms with van der Waals surface area (Å²) in [5, 5.41) is 8.74. The van der Waals surface area contributed by atoms with Gasteiger partial charge in [0.2, 0.25) is 17.4 Å². The largest absolute Gasteiger partial charge is 0.382 e. The average molecular weight is 432 g/mol. The van der Waals surface area contributed by atoms with E-state index in [-0.39, 0.29) is 36.9 Å². The first-order valence-corrected chi connectivity index (χ1v) is 9.93. The van der Waals surface area contributed by atoms with Crippen molar-refractivity contribution in [3.05, 3.63) is 23.1 Å². The van der Waals surface area contributed by atoms with E-state index < -0.39 is 41.2 Å². The summed E-state index contributed by atoms with van der Waals surface area (Å²) >= 11 is 0. The van der Waals surface area contributed by atoms with E-state index in [2.05, 4.69) is 15.8 Å². The fraction of sp³-hybridized carbons (Fsp3) is 0.500. The number of benzene rings is 1. The van der Waals surface area contributed by atoms with Crippen LogP contribution in [0.1, 0.15) is 18.2 Å². The van der Waals surface area contributed by atoms with Gasteiger partial charge in [0, 0.05) is 25.5 Å². The lowest BCUT2D eigenvalue weighted by Crippen LogP contribution is -2.76. The highest BCUT2D eigenvalue weighted by molar-refractivity contribution is 6.20. The molecule has 2 fully saturated rings. The smallest absolute Gasteiger partial charge is 0.328 e. The highest BCUT2D eigenvalue weighted by atomic mass is 19.1. The van der Waals surface area contributed by atoms with Crippen molar-refractivity contribution < 1.29 is 32.8 Å². The van der Waals surface area contributed by atoms with Crippen LogP contribution in [0.15, 0.2) is 10.6 Å².